The second kappa shape index (κ2) is 12.6. The molecule has 0 aromatic heterocycles. The molecule has 6 heteroatoms. The highest BCUT2D eigenvalue weighted by atomic mass is 19.1. The Morgan fingerprint density at radius 3 is 2.62 bits per heavy atom. The molecule has 1 aliphatic rings. The van der Waals surface area contributed by atoms with E-state index in [9.17, 15) is 9.18 Å². The highest BCUT2D eigenvalue weighted by molar-refractivity contribution is 5.69. The van der Waals surface area contributed by atoms with Crippen LogP contribution < -0.4 is 14.5 Å². The van der Waals surface area contributed by atoms with Crippen molar-refractivity contribution in [2.45, 2.75) is 46.1 Å². The summed E-state index contributed by atoms with van der Waals surface area (Å²) in [6, 6.07) is 19.6. The first-order chi connectivity index (χ1) is 18.0. The molecule has 0 saturated heterocycles. The van der Waals surface area contributed by atoms with Gasteiger partial charge in [0.25, 0.3) is 0 Å². The molecule has 3 aromatic carbocycles. The van der Waals surface area contributed by atoms with E-state index >= 15 is 0 Å². The van der Waals surface area contributed by atoms with E-state index in [-0.39, 0.29) is 18.2 Å². The second-order valence-electron chi connectivity index (χ2n) is 9.55. The number of nitrogens with zero attached hydrogens (tertiary/aromatic N) is 2. The van der Waals surface area contributed by atoms with Crippen molar-refractivity contribution in [1.29, 1.82) is 0 Å². The maximum Gasteiger partial charge on any atom is 0.306 e. The van der Waals surface area contributed by atoms with Gasteiger partial charge in [0, 0.05) is 37.9 Å². The highest BCUT2D eigenvalue weighted by Crippen LogP contribution is 2.33. The average Bonchev–Trinajstić information content (AvgIpc) is 2.90. The van der Waals surface area contributed by atoms with E-state index in [0.29, 0.717) is 31.7 Å². The van der Waals surface area contributed by atoms with Gasteiger partial charge in [-0.15, -0.1) is 0 Å². The number of benzene rings is 3. The van der Waals surface area contributed by atoms with Crippen LogP contribution in [0, 0.1) is 12.7 Å². The summed E-state index contributed by atoms with van der Waals surface area (Å²) in [5, 5.41) is 0. The molecular formula is C31H37FN2O3. The summed E-state index contributed by atoms with van der Waals surface area (Å²) in [7, 11) is 1.98. The Morgan fingerprint density at radius 2 is 1.86 bits per heavy atom. The standard InChI is InChI=1S/C31H37FN2O3/c1-4-36-30(35)17-15-24-14-16-27(21-29(24)32)33(3)22-26-13-12-25-9-8-18-34(31(25)23(26)2)19-20-37-28-10-6-5-7-11-28/h5-7,10-14,16,21H,4,8-9,15,17-20,22H2,1-3H3. The van der Waals surface area contributed by atoms with Crippen LogP contribution in [0.2, 0.25) is 0 Å². The molecule has 3 aromatic rings. The fourth-order valence-electron chi connectivity index (χ4n) is 4.99. The topological polar surface area (TPSA) is 42.0 Å². The van der Waals surface area contributed by atoms with E-state index in [1.165, 1.54) is 22.4 Å². The van der Waals surface area contributed by atoms with Gasteiger partial charge >= 0.3 is 5.97 Å². The number of esters is 1. The molecule has 0 radical (unpaired) electrons. The molecule has 0 N–H and O–H groups in total. The minimum atomic E-state index is -0.299. The Labute approximate surface area is 219 Å². The lowest BCUT2D eigenvalue weighted by molar-refractivity contribution is -0.143. The van der Waals surface area contributed by atoms with E-state index in [0.717, 1.165) is 37.4 Å². The molecule has 0 atom stereocenters. The van der Waals surface area contributed by atoms with Crippen LogP contribution >= 0.6 is 0 Å². The van der Waals surface area contributed by atoms with Gasteiger partial charge in [-0.05, 0) is 79.6 Å². The molecule has 5 nitrogen and oxygen atoms in total. The zero-order valence-corrected chi connectivity index (χ0v) is 22.1. The number of carbonyl (C=O) groups is 1. The number of fused-ring (bicyclic) bond motifs is 1. The third kappa shape index (κ3) is 6.82. The third-order valence-corrected chi connectivity index (χ3v) is 6.98. The summed E-state index contributed by atoms with van der Waals surface area (Å²) < 4.78 is 25.7. The molecule has 1 heterocycles. The summed E-state index contributed by atoms with van der Waals surface area (Å²) in [5.41, 5.74) is 6.53. The lowest BCUT2D eigenvalue weighted by Gasteiger charge is -2.34. The first kappa shape index (κ1) is 26.5. The molecule has 0 saturated carbocycles. The highest BCUT2D eigenvalue weighted by Gasteiger charge is 2.21. The molecule has 4 rings (SSSR count). The molecule has 0 spiro atoms. The summed E-state index contributed by atoms with van der Waals surface area (Å²) in [6.07, 6.45) is 2.74. The number of carbonyl (C=O) groups excluding carboxylic acids is 1. The monoisotopic (exact) mass is 504 g/mol. The summed E-state index contributed by atoms with van der Waals surface area (Å²) >= 11 is 0. The van der Waals surface area contributed by atoms with Crippen molar-refractivity contribution in [3.63, 3.8) is 0 Å². The molecule has 0 unspecified atom stereocenters. The van der Waals surface area contributed by atoms with Crippen molar-refractivity contribution in [3.05, 3.63) is 88.7 Å². The SMILES string of the molecule is CCOC(=O)CCc1ccc(N(C)Cc2ccc3c(c2C)N(CCOc2ccccc2)CCC3)cc1F. The minimum Gasteiger partial charge on any atom is -0.492 e. The van der Waals surface area contributed by atoms with Crippen LogP contribution in [0.25, 0.3) is 0 Å². The Morgan fingerprint density at radius 1 is 1.08 bits per heavy atom. The first-order valence-corrected chi connectivity index (χ1v) is 13.2. The molecule has 37 heavy (non-hydrogen) atoms. The van der Waals surface area contributed by atoms with Gasteiger partial charge in [-0.3, -0.25) is 4.79 Å². The normalized spacial score (nSPS) is 12.7. The zero-order chi connectivity index (χ0) is 26.2. The van der Waals surface area contributed by atoms with E-state index < -0.39 is 0 Å². The van der Waals surface area contributed by atoms with Gasteiger partial charge in [0.1, 0.15) is 18.2 Å². The number of aryl methyl sites for hydroxylation is 2. The number of para-hydroxylation sites is 1. The Balaban J connectivity index is 1.42. The number of ether oxygens (including phenoxy) is 2. The Hall–Kier alpha value is -3.54. The van der Waals surface area contributed by atoms with Gasteiger partial charge in [-0.1, -0.05) is 36.4 Å². The van der Waals surface area contributed by atoms with Crippen LogP contribution in [-0.2, 0) is 28.9 Å². The van der Waals surface area contributed by atoms with Crippen LogP contribution in [0.4, 0.5) is 15.8 Å². The maximum absolute atomic E-state index is 14.8. The van der Waals surface area contributed by atoms with Gasteiger partial charge in [-0.25, -0.2) is 4.39 Å². The van der Waals surface area contributed by atoms with E-state index in [2.05, 4.69) is 28.9 Å². The quantitative estimate of drug-likeness (QED) is 0.295. The molecule has 1 aliphatic heterocycles. The van der Waals surface area contributed by atoms with Crippen molar-refractivity contribution < 1.29 is 18.7 Å². The second-order valence-corrected chi connectivity index (χ2v) is 9.55. The molecule has 0 bridgehead atoms. The van der Waals surface area contributed by atoms with Crippen molar-refractivity contribution >= 4 is 17.3 Å². The van der Waals surface area contributed by atoms with E-state index in [1.807, 2.05) is 43.4 Å². The summed E-state index contributed by atoms with van der Waals surface area (Å²) in [6.45, 7) is 7.46. The predicted molar refractivity (Wildman–Crippen MR) is 147 cm³/mol. The van der Waals surface area contributed by atoms with Crippen molar-refractivity contribution in [2.24, 2.45) is 0 Å². The number of hydrogen-bond acceptors (Lipinski definition) is 5. The van der Waals surface area contributed by atoms with Crippen molar-refractivity contribution in [1.82, 2.24) is 0 Å². The fraction of sp³-hybridized carbons (Fsp3) is 0.387. The van der Waals surface area contributed by atoms with Crippen LogP contribution in [0.15, 0.2) is 60.7 Å². The summed E-state index contributed by atoms with van der Waals surface area (Å²) in [5.74, 6) is 0.304. The van der Waals surface area contributed by atoms with Gasteiger partial charge < -0.3 is 19.3 Å². The van der Waals surface area contributed by atoms with Crippen molar-refractivity contribution in [3.8, 4) is 5.75 Å². The molecule has 196 valence electrons. The lowest BCUT2D eigenvalue weighted by atomic mass is 9.94. The lowest BCUT2D eigenvalue weighted by Crippen LogP contribution is -2.34. The predicted octanol–water partition coefficient (Wildman–Crippen LogP) is 6.10. The smallest absolute Gasteiger partial charge is 0.306 e. The minimum absolute atomic E-state index is 0.182. The van der Waals surface area contributed by atoms with Crippen LogP contribution in [0.1, 0.15) is 42.0 Å². The van der Waals surface area contributed by atoms with Gasteiger partial charge in [0.05, 0.1) is 13.2 Å². The van der Waals surface area contributed by atoms with Crippen LogP contribution in [0.3, 0.4) is 0 Å². The van der Waals surface area contributed by atoms with E-state index in [1.54, 1.807) is 19.1 Å². The average molecular weight is 505 g/mol. The van der Waals surface area contributed by atoms with Crippen LogP contribution in [0.5, 0.6) is 5.75 Å². The number of anilines is 2. The third-order valence-electron chi connectivity index (χ3n) is 6.98. The number of halogens is 1. The van der Waals surface area contributed by atoms with E-state index in [4.69, 9.17) is 9.47 Å². The fourth-order valence-corrected chi connectivity index (χ4v) is 4.99. The first-order valence-electron chi connectivity index (χ1n) is 13.2. The van der Waals surface area contributed by atoms with Gasteiger partial charge in [0.2, 0.25) is 0 Å². The Bertz CT molecular complexity index is 1200. The Kier molecular flexibility index (Phi) is 9.04. The maximum atomic E-state index is 14.8. The zero-order valence-electron chi connectivity index (χ0n) is 22.1. The molecule has 0 fully saturated rings. The number of hydrogen-bond donors (Lipinski definition) is 0. The number of rotatable bonds is 11. The molecule has 0 amide bonds. The largest absolute Gasteiger partial charge is 0.492 e. The van der Waals surface area contributed by atoms with Crippen molar-refractivity contribution in [2.75, 3.05) is 43.2 Å². The van der Waals surface area contributed by atoms with Crippen LogP contribution in [-0.4, -0.2) is 39.3 Å². The van der Waals surface area contributed by atoms with Gasteiger partial charge in [0.15, 0.2) is 0 Å². The molecular weight excluding hydrogens is 467 g/mol. The molecule has 0 aliphatic carbocycles. The van der Waals surface area contributed by atoms with Gasteiger partial charge in [-0.2, -0.15) is 0 Å². The summed E-state index contributed by atoms with van der Waals surface area (Å²) in [4.78, 5) is 16.1.